The molecule has 0 radical (unpaired) electrons. The summed E-state index contributed by atoms with van der Waals surface area (Å²) in [6.45, 7) is 0. The molecule has 2 aromatic carbocycles. The molecule has 3 aromatic rings. The average Bonchev–Trinajstić information content (AvgIpc) is 3.03. The maximum Gasteiger partial charge on any atom is 0.0520 e. The molecule has 1 aliphatic rings. The first-order valence-corrected chi connectivity index (χ1v) is 9.10. The SMILES string of the molecule is NN/C(=C\CC1=CCCc2c1sc1ccccc21)c1ccccc1. The highest BCUT2D eigenvalue weighted by Gasteiger charge is 2.17. The van der Waals surface area contributed by atoms with Crippen LogP contribution >= 0.6 is 11.3 Å². The Bertz CT molecular complexity index is 919. The fourth-order valence-electron chi connectivity index (χ4n) is 3.36. The van der Waals surface area contributed by atoms with Crippen molar-refractivity contribution < 1.29 is 0 Å². The van der Waals surface area contributed by atoms with Crippen LogP contribution in [-0.2, 0) is 6.42 Å². The monoisotopic (exact) mass is 332 g/mol. The van der Waals surface area contributed by atoms with Gasteiger partial charge in [-0.05, 0) is 47.4 Å². The van der Waals surface area contributed by atoms with Crippen molar-refractivity contribution in [3.63, 3.8) is 0 Å². The normalized spacial score (nSPS) is 14.4. The summed E-state index contributed by atoms with van der Waals surface area (Å²) < 4.78 is 1.39. The summed E-state index contributed by atoms with van der Waals surface area (Å²) in [6, 6.07) is 19.0. The summed E-state index contributed by atoms with van der Waals surface area (Å²) in [6.07, 6.45) is 7.74. The molecule has 0 spiro atoms. The van der Waals surface area contributed by atoms with Crippen LogP contribution in [0.5, 0.6) is 0 Å². The van der Waals surface area contributed by atoms with E-state index in [9.17, 15) is 0 Å². The van der Waals surface area contributed by atoms with E-state index in [1.807, 2.05) is 29.5 Å². The average molecular weight is 332 g/mol. The topological polar surface area (TPSA) is 38.0 Å². The van der Waals surface area contributed by atoms with Gasteiger partial charge in [-0.25, -0.2) is 0 Å². The van der Waals surface area contributed by atoms with Gasteiger partial charge in [0.05, 0.1) is 5.70 Å². The number of hydrogen-bond acceptors (Lipinski definition) is 3. The number of aryl methyl sites for hydroxylation is 1. The third kappa shape index (κ3) is 2.77. The van der Waals surface area contributed by atoms with E-state index in [0.717, 1.165) is 30.5 Å². The third-order valence-corrected chi connectivity index (χ3v) is 5.83. The Morgan fingerprint density at radius 3 is 2.71 bits per heavy atom. The van der Waals surface area contributed by atoms with E-state index >= 15 is 0 Å². The van der Waals surface area contributed by atoms with Crippen LogP contribution < -0.4 is 11.3 Å². The van der Waals surface area contributed by atoms with Crippen LogP contribution in [0.15, 0.2) is 66.7 Å². The van der Waals surface area contributed by atoms with Gasteiger partial charge in [-0.15, -0.1) is 11.3 Å². The molecule has 120 valence electrons. The van der Waals surface area contributed by atoms with Crippen LogP contribution in [-0.4, -0.2) is 0 Å². The van der Waals surface area contributed by atoms with Crippen molar-refractivity contribution >= 4 is 32.7 Å². The van der Waals surface area contributed by atoms with Crippen LogP contribution in [0.25, 0.3) is 21.4 Å². The minimum absolute atomic E-state index is 0.897. The van der Waals surface area contributed by atoms with Crippen LogP contribution in [0.4, 0.5) is 0 Å². The zero-order valence-corrected chi connectivity index (χ0v) is 14.3. The van der Waals surface area contributed by atoms with Crippen molar-refractivity contribution in [3.8, 4) is 0 Å². The number of nitrogens with two attached hydrogens (primary N) is 1. The van der Waals surface area contributed by atoms with Crippen LogP contribution in [0, 0.1) is 0 Å². The summed E-state index contributed by atoms with van der Waals surface area (Å²) >= 11 is 1.91. The highest BCUT2D eigenvalue weighted by atomic mass is 32.1. The molecular weight excluding hydrogens is 312 g/mol. The zero-order valence-electron chi connectivity index (χ0n) is 13.5. The van der Waals surface area contributed by atoms with Gasteiger partial charge in [-0.3, -0.25) is 5.84 Å². The third-order valence-electron chi connectivity index (χ3n) is 4.54. The van der Waals surface area contributed by atoms with Crippen molar-refractivity contribution in [3.05, 3.63) is 82.8 Å². The first-order valence-electron chi connectivity index (χ1n) is 8.29. The molecule has 3 heteroatoms. The van der Waals surface area contributed by atoms with Crippen molar-refractivity contribution in [2.75, 3.05) is 0 Å². The Hall–Kier alpha value is -2.36. The van der Waals surface area contributed by atoms with Crippen LogP contribution in [0.3, 0.4) is 0 Å². The fraction of sp³-hybridized carbons (Fsp3) is 0.143. The number of allylic oxidation sites excluding steroid dienone is 3. The van der Waals surface area contributed by atoms with Crippen molar-refractivity contribution in [2.45, 2.75) is 19.3 Å². The number of hydrogen-bond donors (Lipinski definition) is 2. The van der Waals surface area contributed by atoms with E-state index in [-0.39, 0.29) is 0 Å². The van der Waals surface area contributed by atoms with Crippen molar-refractivity contribution in [1.29, 1.82) is 0 Å². The molecule has 2 nitrogen and oxygen atoms in total. The molecule has 0 bridgehead atoms. The highest BCUT2D eigenvalue weighted by molar-refractivity contribution is 7.20. The van der Waals surface area contributed by atoms with Gasteiger partial charge in [0, 0.05) is 9.58 Å². The van der Waals surface area contributed by atoms with E-state index in [4.69, 9.17) is 5.84 Å². The summed E-state index contributed by atoms with van der Waals surface area (Å²) in [5.41, 5.74) is 7.88. The molecule has 1 heterocycles. The predicted molar refractivity (Wildman–Crippen MR) is 104 cm³/mol. The van der Waals surface area contributed by atoms with E-state index < -0.39 is 0 Å². The molecule has 0 saturated carbocycles. The summed E-state index contributed by atoms with van der Waals surface area (Å²) in [5.74, 6) is 5.74. The fourth-order valence-corrected chi connectivity index (χ4v) is 4.66. The Labute approximate surface area is 146 Å². The number of fused-ring (bicyclic) bond motifs is 3. The van der Waals surface area contributed by atoms with Crippen LogP contribution in [0.2, 0.25) is 0 Å². The van der Waals surface area contributed by atoms with Gasteiger partial charge in [0.25, 0.3) is 0 Å². The Balaban J connectivity index is 1.66. The van der Waals surface area contributed by atoms with Crippen molar-refractivity contribution in [2.24, 2.45) is 5.84 Å². The Morgan fingerprint density at radius 1 is 1.08 bits per heavy atom. The summed E-state index contributed by atoms with van der Waals surface area (Å²) in [7, 11) is 0. The smallest absolute Gasteiger partial charge is 0.0520 e. The minimum Gasteiger partial charge on any atom is -0.324 e. The number of hydrazine groups is 1. The first kappa shape index (κ1) is 15.2. The van der Waals surface area contributed by atoms with Gasteiger partial charge >= 0.3 is 0 Å². The largest absolute Gasteiger partial charge is 0.324 e. The predicted octanol–water partition coefficient (Wildman–Crippen LogP) is 5.13. The molecule has 3 N–H and O–H groups in total. The first-order chi connectivity index (χ1) is 11.9. The number of rotatable bonds is 4. The molecule has 1 aromatic heterocycles. The van der Waals surface area contributed by atoms with Crippen LogP contribution in [0.1, 0.15) is 28.8 Å². The Kier molecular flexibility index (Phi) is 4.20. The van der Waals surface area contributed by atoms with Gasteiger partial charge in [0.1, 0.15) is 0 Å². The van der Waals surface area contributed by atoms with E-state index in [0.29, 0.717) is 0 Å². The standard InChI is InChI=1S/C21H20N2S/c22-23-19(15-7-2-1-3-8-15)14-13-16-9-6-11-18-17-10-4-5-12-20(17)24-21(16)18/h1-5,7-10,12,14,23H,6,11,13,22H2/b19-14-. The molecule has 1 aliphatic carbocycles. The second-order valence-corrected chi connectivity index (χ2v) is 7.06. The molecule has 0 amide bonds. The Morgan fingerprint density at radius 2 is 1.88 bits per heavy atom. The summed E-state index contributed by atoms with van der Waals surface area (Å²) in [4.78, 5) is 1.45. The number of benzene rings is 2. The molecule has 0 saturated heterocycles. The molecule has 0 aliphatic heterocycles. The number of thiophene rings is 1. The second kappa shape index (κ2) is 6.63. The lowest BCUT2D eigenvalue weighted by molar-refractivity contribution is 0.977. The lowest BCUT2D eigenvalue weighted by Crippen LogP contribution is -2.20. The zero-order chi connectivity index (χ0) is 16.4. The highest BCUT2D eigenvalue weighted by Crippen LogP contribution is 2.40. The van der Waals surface area contributed by atoms with Gasteiger partial charge in [0.2, 0.25) is 0 Å². The van der Waals surface area contributed by atoms with Gasteiger partial charge < -0.3 is 5.43 Å². The maximum atomic E-state index is 5.74. The molecular formula is C21H20N2S. The molecule has 24 heavy (non-hydrogen) atoms. The summed E-state index contributed by atoms with van der Waals surface area (Å²) in [5, 5.41) is 1.42. The van der Waals surface area contributed by atoms with Crippen molar-refractivity contribution in [1.82, 2.24) is 5.43 Å². The molecule has 4 rings (SSSR count). The molecule has 0 atom stereocenters. The van der Waals surface area contributed by atoms with E-state index in [1.165, 1.54) is 26.1 Å². The lowest BCUT2D eigenvalue weighted by Gasteiger charge is -2.14. The molecule has 0 unspecified atom stereocenters. The lowest BCUT2D eigenvalue weighted by atomic mass is 9.94. The van der Waals surface area contributed by atoms with E-state index in [2.05, 4.69) is 54.0 Å². The minimum atomic E-state index is 0.897. The van der Waals surface area contributed by atoms with E-state index in [1.54, 1.807) is 0 Å². The van der Waals surface area contributed by atoms with Gasteiger partial charge in [0.15, 0.2) is 0 Å². The quantitative estimate of drug-likeness (QED) is 0.514. The maximum absolute atomic E-state index is 5.74. The number of nitrogens with one attached hydrogen (secondary N) is 1. The second-order valence-electron chi connectivity index (χ2n) is 6.01. The van der Waals surface area contributed by atoms with Gasteiger partial charge in [-0.2, -0.15) is 0 Å². The van der Waals surface area contributed by atoms with Gasteiger partial charge in [-0.1, -0.05) is 60.7 Å². The molecule has 0 fully saturated rings.